The van der Waals surface area contributed by atoms with Gasteiger partial charge in [-0.3, -0.25) is 14.4 Å². The molecule has 7 nitrogen and oxygen atoms in total. The Bertz CT molecular complexity index is 530. The van der Waals surface area contributed by atoms with Crippen molar-refractivity contribution in [2.24, 2.45) is 0 Å². The van der Waals surface area contributed by atoms with E-state index in [0.29, 0.717) is 6.42 Å². The third kappa shape index (κ3) is 5.82. The number of nitrogens with zero attached hydrogens (tertiary/aromatic N) is 1. The van der Waals surface area contributed by atoms with Gasteiger partial charge in [0.2, 0.25) is 5.91 Å². The van der Waals surface area contributed by atoms with Gasteiger partial charge in [-0.1, -0.05) is 5.92 Å². The van der Waals surface area contributed by atoms with E-state index >= 15 is 0 Å². The summed E-state index contributed by atoms with van der Waals surface area (Å²) in [7, 11) is 0. The summed E-state index contributed by atoms with van der Waals surface area (Å²) >= 11 is 0. The van der Waals surface area contributed by atoms with Gasteiger partial charge in [-0.2, -0.15) is 0 Å². The highest BCUT2D eigenvalue weighted by Crippen LogP contribution is 2.00. The van der Waals surface area contributed by atoms with Crippen LogP contribution in [0.25, 0.3) is 0 Å². The Labute approximate surface area is 121 Å². The first-order valence-electron chi connectivity index (χ1n) is 6.29. The number of carbonyl (C=O) groups is 3. The molecule has 0 fully saturated rings. The lowest BCUT2D eigenvalue weighted by atomic mass is 10.2. The van der Waals surface area contributed by atoms with Crippen LogP contribution in [-0.2, 0) is 9.59 Å². The molecular formula is C14H16N2O5. The summed E-state index contributed by atoms with van der Waals surface area (Å²) in [5, 5.41) is 11.3. The third-order valence-corrected chi connectivity index (χ3v) is 2.56. The van der Waals surface area contributed by atoms with Gasteiger partial charge in [0.05, 0.1) is 12.8 Å². The average molecular weight is 292 g/mol. The molecule has 0 spiro atoms. The number of hydrogen-bond donors (Lipinski definition) is 2. The molecule has 0 saturated carbocycles. The monoisotopic (exact) mass is 292 g/mol. The molecule has 112 valence electrons. The Morgan fingerprint density at radius 3 is 2.76 bits per heavy atom. The molecule has 0 aliphatic heterocycles. The Hall–Kier alpha value is -2.75. The van der Waals surface area contributed by atoms with Crippen molar-refractivity contribution in [2.75, 3.05) is 19.6 Å². The SMILES string of the molecule is C#CCN(CC(=O)O)C(=O)CCCNC(=O)c1ccco1. The molecule has 0 aromatic carbocycles. The molecule has 1 rings (SSSR count). The number of amides is 2. The largest absolute Gasteiger partial charge is 0.480 e. The number of nitrogens with one attached hydrogen (secondary N) is 1. The molecule has 2 amide bonds. The van der Waals surface area contributed by atoms with Crippen LogP contribution in [0.1, 0.15) is 23.4 Å². The van der Waals surface area contributed by atoms with Crippen molar-refractivity contribution in [2.45, 2.75) is 12.8 Å². The number of furan rings is 1. The number of carboxylic acids is 1. The van der Waals surface area contributed by atoms with E-state index in [1.54, 1.807) is 6.07 Å². The highest BCUT2D eigenvalue weighted by atomic mass is 16.4. The van der Waals surface area contributed by atoms with Crippen LogP contribution in [0.2, 0.25) is 0 Å². The first-order valence-corrected chi connectivity index (χ1v) is 6.29. The minimum Gasteiger partial charge on any atom is -0.480 e. The minimum absolute atomic E-state index is 0.0517. The van der Waals surface area contributed by atoms with Crippen LogP contribution < -0.4 is 5.32 Å². The quantitative estimate of drug-likeness (QED) is 0.531. The highest BCUT2D eigenvalue weighted by molar-refractivity contribution is 5.91. The lowest BCUT2D eigenvalue weighted by Gasteiger charge is -2.17. The first-order chi connectivity index (χ1) is 10.0. The molecule has 0 aliphatic carbocycles. The lowest BCUT2D eigenvalue weighted by molar-refractivity contribution is -0.144. The number of rotatable bonds is 8. The molecule has 0 bridgehead atoms. The fraction of sp³-hybridized carbons (Fsp3) is 0.357. The summed E-state index contributed by atoms with van der Waals surface area (Å²) in [5.74, 6) is 0.595. The van der Waals surface area contributed by atoms with Crippen LogP contribution in [-0.4, -0.2) is 47.4 Å². The Kier molecular flexibility index (Phi) is 6.54. The smallest absolute Gasteiger partial charge is 0.323 e. The number of carbonyl (C=O) groups excluding carboxylic acids is 2. The van der Waals surface area contributed by atoms with Gasteiger partial charge in [0.15, 0.2) is 5.76 Å². The predicted octanol–water partition coefficient (Wildman–Crippen LogP) is 0.336. The third-order valence-electron chi connectivity index (χ3n) is 2.56. The molecule has 0 aliphatic rings. The van der Waals surface area contributed by atoms with Crippen molar-refractivity contribution in [3.8, 4) is 12.3 Å². The van der Waals surface area contributed by atoms with Crippen molar-refractivity contribution in [1.29, 1.82) is 0 Å². The van der Waals surface area contributed by atoms with Crippen LogP contribution in [0, 0.1) is 12.3 Å². The van der Waals surface area contributed by atoms with Gasteiger partial charge >= 0.3 is 5.97 Å². The molecule has 0 radical (unpaired) electrons. The van der Waals surface area contributed by atoms with Crippen LogP contribution >= 0.6 is 0 Å². The Morgan fingerprint density at radius 2 is 2.19 bits per heavy atom. The van der Waals surface area contributed by atoms with E-state index in [0.717, 1.165) is 4.90 Å². The van der Waals surface area contributed by atoms with Crippen LogP contribution in [0.3, 0.4) is 0 Å². The second-order valence-corrected chi connectivity index (χ2v) is 4.18. The zero-order valence-electron chi connectivity index (χ0n) is 11.4. The average Bonchev–Trinajstić information content (AvgIpc) is 2.96. The van der Waals surface area contributed by atoms with Gasteiger partial charge in [0.1, 0.15) is 6.54 Å². The van der Waals surface area contributed by atoms with Crippen LogP contribution in [0.5, 0.6) is 0 Å². The van der Waals surface area contributed by atoms with Crippen molar-refractivity contribution in [3.63, 3.8) is 0 Å². The van der Waals surface area contributed by atoms with Gasteiger partial charge in [-0.05, 0) is 18.6 Å². The second-order valence-electron chi connectivity index (χ2n) is 4.18. The summed E-state index contributed by atoms with van der Waals surface area (Å²) in [4.78, 5) is 35.0. The molecule has 0 atom stereocenters. The number of aliphatic carboxylic acids is 1. The van der Waals surface area contributed by atoms with Gasteiger partial charge < -0.3 is 19.7 Å². The van der Waals surface area contributed by atoms with E-state index in [2.05, 4.69) is 11.2 Å². The fourth-order valence-electron chi connectivity index (χ4n) is 1.60. The lowest BCUT2D eigenvalue weighted by Crippen LogP contribution is -2.36. The Balaban J connectivity index is 2.30. The van der Waals surface area contributed by atoms with E-state index in [1.165, 1.54) is 12.3 Å². The molecular weight excluding hydrogens is 276 g/mol. The van der Waals surface area contributed by atoms with Gasteiger partial charge in [-0.15, -0.1) is 6.42 Å². The van der Waals surface area contributed by atoms with Crippen molar-refractivity contribution in [1.82, 2.24) is 10.2 Å². The van der Waals surface area contributed by atoms with Crippen LogP contribution in [0.15, 0.2) is 22.8 Å². The molecule has 2 N–H and O–H groups in total. The number of hydrogen-bond acceptors (Lipinski definition) is 4. The highest BCUT2D eigenvalue weighted by Gasteiger charge is 2.15. The maximum Gasteiger partial charge on any atom is 0.323 e. The molecule has 7 heteroatoms. The van der Waals surface area contributed by atoms with E-state index in [4.69, 9.17) is 15.9 Å². The van der Waals surface area contributed by atoms with E-state index in [-0.39, 0.29) is 37.1 Å². The maximum atomic E-state index is 11.8. The predicted molar refractivity (Wildman–Crippen MR) is 73.3 cm³/mol. The van der Waals surface area contributed by atoms with Gasteiger partial charge in [0.25, 0.3) is 5.91 Å². The van der Waals surface area contributed by atoms with E-state index < -0.39 is 12.5 Å². The molecule has 0 saturated heterocycles. The van der Waals surface area contributed by atoms with Crippen molar-refractivity contribution >= 4 is 17.8 Å². The first kappa shape index (κ1) is 16.3. The van der Waals surface area contributed by atoms with Gasteiger partial charge in [-0.25, -0.2) is 0 Å². The normalized spacial score (nSPS) is 9.67. The standard InChI is InChI=1S/C14H16N2O5/c1-2-8-16(10-13(18)19)12(17)6-3-7-15-14(20)11-5-4-9-21-11/h1,4-5,9H,3,6-8,10H2,(H,15,20)(H,18,19). The maximum absolute atomic E-state index is 11.8. The van der Waals surface area contributed by atoms with E-state index in [9.17, 15) is 14.4 Å². The summed E-state index contributed by atoms with van der Waals surface area (Å²) < 4.78 is 4.91. The summed E-state index contributed by atoms with van der Waals surface area (Å²) in [6.07, 6.45) is 6.96. The molecule has 1 aromatic heterocycles. The van der Waals surface area contributed by atoms with Gasteiger partial charge in [0, 0.05) is 13.0 Å². The second kappa shape index (κ2) is 8.43. The minimum atomic E-state index is -1.12. The zero-order valence-corrected chi connectivity index (χ0v) is 11.4. The topological polar surface area (TPSA) is 99.9 Å². The summed E-state index contributed by atoms with van der Waals surface area (Å²) in [6, 6.07) is 3.13. The molecule has 1 heterocycles. The molecule has 21 heavy (non-hydrogen) atoms. The van der Waals surface area contributed by atoms with Crippen molar-refractivity contribution < 1.29 is 23.9 Å². The molecule has 0 unspecified atom stereocenters. The summed E-state index contributed by atoms with van der Waals surface area (Å²) in [6.45, 7) is -0.200. The zero-order chi connectivity index (χ0) is 15.7. The van der Waals surface area contributed by atoms with Crippen LogP contribution in [0.4, 0.5) is 0 Å². The van der Waals surface area contributed by atoms with E-state index in [1.807, 2.05) is 0 Å². The Morgan fingerprint density at radius 1 is 1.43 bits per heavy atom. The van der Waals surface area contributed by atoms with Crippen molar-refractivity contribution in [3.05, 3.63) is 24.2 Å². The summed E-state index contributed by atoms with van der Waals surface area (Å²) in [5.41, 5.74) is 0. The number of carboxylic acid groups (broad SMARTS) is 1. The number of terminal acetylenes is 1. The molecule has 1 aromatic rings. The fourth-order valence-corrected chi connectivity index (χ4v) is 1.60.